The lowest BCUT2D eigenvalue weighted by atomic mass is 10.1. The highest BCUT2D eigenvalue weighted by Gasteiger charge is 2.09. The van der Waals surface area contributed by atoms with Crippen molar-refractivity contribution in [3.8, 4) is 0 Å². The van der Waals surface area contributed by atoms with Crippen LogP contribution in [0.5, 0.6) is 0 Å². The van der Waals surface area contributed by atoms with Gasteiger partial charge in [0.1, 0.15) is 11.6 Å². The van der Waals surface area contributed by atoms with Gasteiger partial charge in [-0.2, -0.15) is 0 Å². The number of amides is 1. The average Bonchev–Trinajstić information content (AvgIpc) is 2.91. The van der Waals surface area contributed by atoms with E-state index in [0.29, 0.717) is 12.1 Å². The lowest BCUT2D eigenvalue weighted by Crippen LogP contribution is -2.23. The molecule has 0 unspecified atom stereocenters. The summed E-state index contributed by atoms with van der Waals surface area (Å²) < 4.78 is 0. The molecule has 0 radical (unpaired) electrons. The van der Waals surface area contributed by atoms with Crippen molar-refractivity contribution in [2.24, 2.45) is 0 Å². The Labute approximate surface area is 221 Å². The van der Waals surface area contributed by atoms with E-state index in [1.807, 2.05) is 95.4 Å². The lowest BCUT2D eigenvalue weighted by Gasteiger charge is -2.12. The van der Waals surface area contributed by atoms with Crippen LogP contribution in [-0.2, 0) is 6.42 Å². The molecule has 196 valence electrons. The molecule has 4 aromatic rings. The van der Waals surface area contributed by atoms with Gasteiger partial charge in [0.15, 0.2) is 0 Å². The van der Waals surface area contributed by atoms with Crippen molar-refractivity contribution >= 4 is 39.7 Å². The molecule has 0 aliphatic carbocycles. The maximum Gasteiger partial charge on any atom is 0.251 e. The van der Waals surface area contributed by atoms with Crippen molar-refractivity contribution in [3.05, 3.63) is 89.5 Å². The van der Waals surface area contributed by atoms with E-state index in [-0.39, 0.29) is 5.91 Å². The predicted molar refractivity (Wildman–Crippen MR) is 160 cm³/mol. The van der Waals surface area contributed by atoms with Crippen LogP contribution in [-0.4, -0.2) is 24.5 Å². The normalized spacial score (nSPS) is 9.89. The molecule has 0 fully saturated rings. The number of pyridine rings is 1. The van der Waals surface area contributed by atoms with Crippen LogP contribution in [0.2, 0.25) is 0 Å². The summed E-state index contributed by atoms with van der Waals surface area (Å²) in [5.41, 5.74) is 10.4. The van der Waals surface area contributed by atoms with Gasteiger partial charge in [-0.1, -0.05) is 69.7 Å². The number of nitrogens with two attached hydrogens (primary N) is 1. The largest absolute Gasteiger partial charge is 0.399 e. The Balaban J connectivity index is 0.000000336. The van der Waals surface area contributed by atoms with Crippen molar-refractivity contribution in [1.29, 1.82) is 0 Å². The number of nitrogens with zero attached hydrogens (tertiary/aromatic N) is 1. The summed E-state index contributed by atoms with van der Waals surface area (Å²) in [6, 6.07) is 23.9. The minimum atomic E-state index is -0.0483. The number of carbonyl (C=O) groups excluding carboxylic acids is 1. The number of nitrogen functional groups attached to an aromatic ring is 1. The number of para-hydroxylation sites is 1. The number of nitrogens with one attached hydrogen (secondary N) is 3. The molecule has 1 amide bonds. The number of hydrogen-bond donors (Lipinski definition) is 4. The number of benzene rings is 3. The Morgan fingerprint density at radius 3 is 2.30 bits per heavy atom. The van der Waals surface area contributed by atoms with E-state index in [0.717, 1.165) is 52.2 Å². The number of fused-ring (bicyclic) bond motifs is 1. The van der Waals surface area contributed by atoms with Gasteiger partial charge >= 0.3 is 0 Å². The maximum absolute atomic E-state index is 12.0. The third-order valence-corrected chi connectivity index (χ3v) is 5.63. The molecule has 3 aromatic carbocycles. The first-order chi connectivity index (χ1) is 18.0. The topological polar surface area (TPSA) is 92.1 Å². The van der Waals surface area contributed by atoms with Crippen LogP contribution in [0.3, 0.4) is 0 Å². The molecule has 37 heavy (non-hydrogen) atoms. The number of carbonyl (C=O) groups is 1. The molecule has 4 rings (SSSR count). The fraction of sp³-hybridized carbons (Fsp3) is 0.290. The number of aryl methyl sites for hydroxylation is 2. The smallest absolute Gasteiger partial charge is 0.251 e. The molecule has 0 atom stereocenters. The van der Waals surface area contributed by atoms with Crippen LogP contribution in [0.15, 0.2) is 72.8 Å². The van der Waals surface area contributed by atoms with E-state index in [1.54, 1.807) is 0 Å². The van der Waals surface area contributed by atoms with Gasteiger partial charge in [-0.05, 0) is 67.1 Å². The summed E-state index contributed by atoms with van der Waals surface area (Å²) in [6.07, 6.45) is 2.25. The number of anilines is 4. The molecule has 0 aliphatic heterocycles. The molecule has 0 spiro atoms. The minimum absolute atomic E-state index is 0.0483. The number of hydrogen-bond acceptors (Lipinski definition) is 5. The zero-order valence-electron chi connectivity index (χ0n) is 23.0. The molecule has 0 saturated carbocycles. The fourth-order valence-corrected chi connectivity index (χ4v) is 3.88. The van der Waals surface area contributed by atoms with Crippen LogP contribution in [0.25, 0.3) is 10.8 Å². The van der Waals surface area contributed by atoms with Gasteiger partial charge in [0.05, 0.1) is 0 Å². The highest BCUT2D eigenvalue weighted by atomic mass is 16.1. The summed E-state index contributed by atoms with van der Waals surface area (Å²) in [6.45, 7) is 10.6. The summed E-state index contributed by atoms with van der Waals surface area (Å²) >= 11 is 0. The second kappa shape index (κ2) is 15.1. The van der Waals surface area contributed by atoms with E-state index < -0.39 is 0 Å². The van der Waals surface area contributed by atoms with Crippen molar-refractivity contribution in [2.45, 2.75) is 47.5 Å². The van der Waals surface area contributed by atoms with Crippen molar-refractivity contribution in [1.82, 2.24) is 10.3 Å². The van der Waals surface area contributed by atoms with Crippen LogP contribution in [0.4, 0.5) is 23.0 Å². The van der Waals surface area contributed by atoms with E-state index in [2.05, 4.69) is 40.0 Å². The highest BCUT2D eigenvalue weighted by molar-refractivity contribution is 5.96. The Hall–Kier alpha value is -4.06. The van der Waals surface area contributed by atoms with Crippen molar-refractivity contribution in [3.63, 3.8) is 0 Å². The molecule has 0 aliphatic rings. The Kier molecular flexibility index (Phi) is 11.9. The molecule has 6 nitrogen and oxygen atoms in total. The SMILES string of the molecule is CC.CCCc1ccccc1N.CCNC(=O)c1ccc(Nc2cc3ccccc3c(NC)n2)cc1C. The Bertz CT molecular complexity index is 1290. The van der Waals surface area contributed by atoms with E-state index in [9.17, 15) is 4.79 Å². The first-order valence-corrected chi connectivity index (χ1v) is 13.0. The summed E-state index contributed by atoms with van der Waals surface area (Å²) in [4.78, 5) is 16.6. The van der Waals surface area contributed by atoms with E-state index in [4.69, 9.17) is 5.73 Å². The highest BCUT2D eigenvalue weighted by Crippen LogP contribution is 2.27. The van der Waals surface area contributed by atoms with Gasteiger partial charge in [-0.3, -0.25) is 4.79 Å². The molecular formula is C31H41N5O. The zero-order chi connectivity index (χ0) is 27.2. The molecule has 6 heteroatoms. The van der Waals surface area contributed by atoms with E-state index in [1.165, 1.54) is 5.56 Å². The molecular weight excluding hydrogens is 458 g/mol. The maximum atomic E-state index is 12.0. The third kappa shape index (κ3) is 8.24. The summed E-state index contributed by atoms with van der Waals surface area (Å²) in [7, 11) is 1.86. The van der Waals surface area contributed by atoms with Crippen LogP contribution in [0, 0.1) is 6.92 Å². The molecule has 1 heterocycles. The Morgan fingerprint density at radius 2 is 1.65 bits per heavy atom. The second-order valence-corrected chi connectivity index (χ2v) is 8.29. The first-order valence-electron chi connectivity index (χ1n) is 13.0. The lowest BCUT2D eigenvalue weighted by molar-refractivity contribution is 0.0955. The zero-order valence-corrected chi connectivity index (χ0v) is 23.0. The Morgan fingerprint density at radius 1 is 0.946 bits per heavy atom. The van der Waals surface area contributed by atoms with Gasteiger partial charge in [0.25, 0.3) is 5.91 Å². The monoisotopic (exact) mass is 499 g/mol. The van der Waals surface area contributed by atoms with Crippen LogP contribution < -0.4 is 21.7 Å². The molecule has 0 saturated heterocycles. The van der Waals surface area contributed by atoms with E-state index >= 15 is 0 Å². The van der Waals surface area contributed by atoms with Gasteiger partial charge in [-0.15, -0.1) is 0 Å². The molecule has 0 bridgehead atoms. The quantitative estimate of drug-likeness (QED) is 0.200. The fourth-order valence-electron chi connectivity index (χ4n) is 3.88. The summed E-state index contributed by atoms with van der Waals surface area (Å²) in [5, 5.41) is 11.5. The molecule has 1 aromatic heterocycles. The second-order valence-electron chi connectivity index (χ2n) is 8.29. The van der Waals surface area contributed by atoms with Crippen molar-refractivity contribution in [2.75, 3.05) is 30.0 Å². The van der Waals surface area contributed by atoms with Crippen LogP contribution >= 0.6 is 0 Å². The summed E-state index contributed by atoms with van der Waals surface area (Å²) in [5.74, 6) is 1.54. The average molecular weight is 500 g/mol. The first kappa shape index (κ1) is 29.2. The number of rotatable bonds is 7. The standard InChI is InChI=1S/C20H22N4O.C9H13N.C2H6/c1-4-22-20(25)16-10-9-15(11-13(16)2)23-18-12-14-7-5-6-8-17(14)19(21-3)24-18;1-2-5-8-6-3-4-7-9(8)10;1-2/h5-12H,4H2,1-3H3,(H,22,25)(H2,21,23,24);3-4,6-7H,2,5,10H2,1H3;1-2H3. The van der Waals surface area contributed by atoms with Crippen LogP contribution in [0.1, 0.15) is 55.6 Å². The van der Waals surface area contributed by atoms with Crippen molar-refractivity contribution < 1.29 is 4.79 Å². The predicted octanol–water partition coefficient (Wildman–Crippen LogP) is 7.33. The van der Waals surface area contributed by atoms with Gasteiger partial charge < -0.3 is 21.7 Å². The van der Waals surface area contributed by atoms with Gasteiger partial charge in [0, 0.05) is 35.9 Å². The molecule has 5 N–H and O–H groups in total. The third-order valence-electron chi connectivity index (χ3n) is 5.63. The minimum Gasteiger partial charge on any atom is -0.399 e. The van der Waals surface area contributed by atoms with Gasteiger partial charge in [0.2, 0.25) is 0 Å². The number of aromatic nitrogens is 1. The van der Waals surface area contributed by atoms with Gasteiger partial charge in [-0.25, -0.2) is 4.98 Å².